The number of hydrogen-bond donors (Lipinski definition) is 0. The van der Waals surface area contributed by atoms with Crippen molar-refractivity contribution in [2.45, 2.75) is 70.8 Å². The monoisotopic (exact) mass is 652 g/mol. The Morgan fingerprint density at radius 1 is 0.750 bits per heavy atom. The van der Waals surface area contributed by atoms with Gasteiger partial charge in [0.15, 0.2) is 0 Å². The van der Waals surface area contributed by atoms with Crippen molar-refractivity contribution in [3.8, 4) is 28.4 Å². The van der Waals surface area contributed by atoms with Crippen LogP contribution in [0.2, 0.25) is 0 Å². The van der Waals surface area contributed by atoms with Gasteiger partial charge in [-0.05, 0) is 103 Å². The maximum Gasteiger partial charge on any atom is 0.343 e. The summed E-state index contributed by atoms with van der Waals surface area (Å²) in [5.41, 5.74) is 4.67. The Morgan fingerprint density at radius 2 is 1.40 bits per heavy atom. The van der Waals surface area contributed by atoms with E-state index in [2.05, 4.69) is 13.2 Å². The maximum atomic E-state index is 13.1. The lowest BCUT2D eigenvalue weighted by molar-refractivity contribution is -0.150. The first-order valence-corrected chi connectivity index (χ1v) is 16.2. The molecule has 1 unspecified atom stereocenters. The molecule has 1 saturated carbocycles. The normalized spacial score (nSPS) is 15.0. The molecule has 3 aromatic carbocycles. The highest BCUT2D eigenvalue weighted by Crippen LogP contribution is 2.46. The molecule has 0 spiro atoms. The predicted molar refractivity (Wildman–Crippen MR) is 179 cm³/mol. The van der Waals surface area contributed by atoms with E-state index >= 15 is 0 Å². The Bertz CT molecular complexity index is 1710. The van der Waals surface area contributed by atoms with E-state index in [1.54, 1.807) is 43.3 Å². The first kappa shape index (κ1) is 34.2. The van der Waals surface area contributed by atoms with Crippen LogP contribution in [-0.2, 0) is 23.9 Å². The van der Waals surface area contributed by atoms with Crippen molar-refractivity contribution in [3.63, 3.8) is 0 Å². The van der Waals surface area contributed by atoms with Crippen LogP contribution >= 0.6 is 0 Å². The Balaban J connectivity index is 1.13. The first-order chi connectivity index (χ1) is 23.1. The van der Waals surface area contributed by atoms with Gasteiger partial charge < -0.3 is 23.7 Å². The van der Waals surface area contributed by atoms with Gasteiger partial charge >= 0.3 is 23.9 Å². The van der Waals surface area contributed by atoms with E-state index in [9.17, 15) is 19.2 Å². The van der Waals surface area contributed by atoms with Crippen molar-refractivity contribution in [2.75, 3.05) is 13.2 Å². The van der Waals surface area contributed by atoms with E-state index in [0.29, 0.717) is 41.4 Å². The van der Waals surface area contributed by atoms with Crippen LogP contribution in [0.4, 0.5) is 0 Å². The second-order valence-electron chi connectivity index (χ2n) is 12.2. The third kappa shape index (κ3) is 8.59. The predicted octanol–water partition coefficient (Wildman–Crippen LogP) is 7.65. The molecule has 0 saturated heterocycles. The number of carbonyl (C=O) groups is 4. The summed E-state index contributed by atoms with van der Waals surface area (Å²) >= 11 is 0. The molecule has 2 aliphatic carbocycles. The van der Waals surface area contributed by atoms with E-state index in [0.717, 1.165) is 54.4 Å². The fourth-order valence-electron chi connectivity index (χ4n) is 5.81. The number of rotatable bonds is 13. The van der Waals surface area contributed by atoms with Gasteiger partial charge in [-0.2, -0.15) is 0 Å². The van der Waals surface area contributed by atoms with Gasteiger partial charge in [-0.25, -0.2) is 14.4 Å². The summed E-state index contributed by atoms with van der Waals surface area (Å²) < 4.78 is 27.4. The van der Waals surface area contributed by atoms with Crippen molar-refractivity contribution in [3.05, 3.63) is 102 Å². The van der Waals surface area contributed by atoms with Gasteiger partial charge in [0.05, 0.1) is 25.2 Å². The Kier molecular flexibility index (Phi) is 11.1. The minimum atomic E-state index is -0.676. The molecular formula is C39H40O9. The summed E-state index contributed by atoms with van der Waals surface area (Å²) in [4.78, 5) is 49.5. The van der Waals surface area contributed by atoms with E-state index < -0.39 is 23.9 Å². The zero-order chi connectivity index (χ0) is 34.2. The summed E-state index contributed by atoms with van der Waals surface area (Å²) in [6, 6.07) is 17.6. The van der Waals surface area contributed by atoms with Crippen LogP contribution in [0.25, 0.3) is 11.1 Å². The number of carbonyl (C=O) groups excluding carboxylic acids is 4. The van der Waals surface area contributed by atoms with E-state index in [4.69, 9.17) is 23.7 Å². The number of benzene rings is 3. The Labute approximate surface area is 280 Å². The molecule has 3 aromatic rings. The molecule has 2 aliphatic rings. The molecule has 0 N–H and O–H groups in total. The molecule has 48 heavy (non-hydrogen) atoms. The lowest BCUT2D eigenvalue weighted by atomic mass is 9.98. The summed E-state index contributed by atoms with van der Waals surface area (Å²) in [6.45, 7) is 11.5. The second-order valence-corrected chi connectivity index (χ2v) is 12.2. The van der Waals surface area contributed by atoms with Crippen LogP contribution in [0, 0.1) is 0 Å². The molecule has 0 amide bonds. The van der Waals surface area contributed by atoms with E-state index in [-0.39, 0.29) is 30.6 Å². The molecule has 0 heterocycles. The molecule has 250 valence electrons. The topological polar surface area (TPSA) is 114 Å². The molecule has 1 atom stereocenters. The Morgan fingerprint density at radius 3 is 2.10 bits per heavy atom. The summed E-state index contributed by atoms with van der Waals surface area (Å²) in [6.07, 6.45) is 5.16. The number of hydrogen-bond acceptors (Lipinski definition) is 9. The van der Waals surface area contributed by atoms with Gasteiger partial charge in [-0.15, -0.1) is 0 Å². The molecule has 1 fully saturated rings. The first-order valence-electron chi connectivity index (χ1n) is 16.2. The van der Waals surface area contributed by atoms with Crippen molar-refractivity contribution < 1.29 is 42.9 Å². The van der Waals surface area contributed by atoms with Gasteiger partial charge in [-0.3, -0.25) is 4.79 Å². The van der Waals surface area contributed by atoms with Crippen LogP contribution in [0.15, 0.2) is 85.0 Å². The summed E-state index contributed by atoms with van der Waals surface area (Å²) in [5.74, 6) is -0.825. The van der Waals surface area contributed by atoms with Crippen molar-refractivity contribution >= 4 is 23.9 Å². The molecular weight excluding hydrogens is 612 g/mol. The van der Waals surface area contributed by atoms with Crippen LogP contribution in [-0.4, -0.2) is 43.2 Å². The molecule has 5 rings (SSSR count). The highest BCUT2D eigenvalue weighted by molar-refractivity contribution is 5.95. The SMILES string of the molecule is C=C(C)C(=O)OCCCOc1ccc(OC(=O)c2ccc3c(c2)C(C)c2cc(OC(=O)C(=C)CC(=O)OC4CCCCC4)ccc2-3)cc1. The third-order valence-electron chi connectivity index (χ3n) is 8.41. The molecule has 0 aliphatic heterocycles. The lowest BCUT2D eigenvalue weighted by Gasteiger charge is -2.21. The van der Waals surface area contributed by atoms with Crippen LogP contribution in [0.5, 0.6) is 17.2 Å². The smallest absolute Gasteiger partial charge is 0.343 e. The van der Waals surface area contributed by atoms with Gasteiger partial charge in [0.2, 0.25) is 0 Å². The highest BCUT2D eigenvalue weighted by Gasteiger charge is 2.28. The van der Waals surface area contributed by atoms with Crippen molar-refractivity contribution in [2.24, 2.45) is 0 Å². The average molecular weight is 653 g/mol. The zero-order valence-electron chi connectivity index (χ0n) is 27.4. The average Bonchev–Trinajstić information content (AvgIpc) is 3.35. The number of ether oxygens (including phenoxy) is 5. The quantitative estimate of drug-likeness (QED) is 0.0795. The van der Waals surface area contributed by atoms with E-state index in [1.165, 1.54) is 0 Å². The molecule has 0 bridgehead atoms. The molecule has 9 heteroatoms. The second kappa shape index (κ2) is 15.6. The lowest BCUT2D eigenvalue weighted by Crippen LogP contribution is -2.22. The van der Waals surface area contributed by atoms with Gasteiger partial charge in [0.25, 0.3) is 0 Å². The van der Waals surface area contributed by atoms with E-state index in [1.807, 2.05) is 31.2 Å². The number of fused-ring (bicyclic) bond motifs is 3. The summed E-state index contributed by atoms with van der Waals surface area (Å²) in [5, 5.41) is 0. The molecule has 9 nitrogen and oxygen atoms in total. The fourth-order valence-corrected chi connectivity index (χ4v) is 5.81. The standard InChI is InChI=1S/C39H40O9/c1-24(2)37(41)45-20-8-19-44-28-12-14-30(15-13-28)47-39(43)27-11-17-32-33-18-16-31(23-35(33)26(4)34(32)22-27)48-38(42)25(3)21-36(40)46-29-9-6-5-7-10-29/h11-18,22-23,26,29H,1,3,5-10,19-21H2,2,4H3. The molecule has 0 radical (unpaired) electrons. The minimum absolute atomic E-state index is 0.0387. The van der Waals surface area contributed by atoms with Gasteiger partial charge in [-0.1, -0.05) is 38.6 Å². The van der Waals surface area contributed by atoms with Gasteiger partial charge in [0.1, 0.15) is 23.4 Å². The summed E-state index contributed by atoms with van der Waals surface area (Å²) in [7, 11) is 0. The van der Waals surface area contributed by atoms with Gasteiger partial charge in [0, 0.05) is 23.5 Å². The highest BCUT2D eigenvalue weighted by atomic mass is 16.6. The number of esters is 4. The third-order valence-corrected chi connectivity index (χ3v) is 8.41. The largest absolute Gasteiger partial charge is 0.493 e. The van der Waals surface area contributed by atoms with Crippen LogP contribution < -0.4 is 14.2 Å². The van der Waals surface area contributed by atoms with Crippen molar-refractivity contribution in [1.29, 1.82) is 0 Å². The Hall–Kier alpha value is -5.18. The van der Waals surface area contributed by atoms with Crippen LogP contribution in [0.3, 0.4) is 0 Å². The van der Waals surface area contributed by atoms with Crippen molar-refractivity contribution in [1.82, 2.24) is 0 Å². The zero-order valence-corrected chi connectivity index (χ0v) is 27.4. The van der Waals surface area contributed by atoms with Crippen LogP contribution in [0.1, 0.15) is 86.2 Å². The fraction of sp³-hybridized carbons (Fsp3) is 0.333. The minimum Gasteiger partial charge on any atom is -0.493 e. The molecule has 0 aromatic heterocycles. The maximum absolute atomic E-state index is 13.1.